The molecule has 2 heterocycles. The minimum atomic E-state index is -1.23. The minimum absolute atomic E-state index is 0.00430. The van der Waals surface area contributed by atoms with E-state index in [9.17, 15) is 29.4 Å². The van der Waals surface area contributed by atoms with Gasteiger partial charge < -0.3 is 36.5 Å². The van der Waals surface area contributed by atoms with Crippen molar-refractivity contribution in [1.82, 2.24) is 31.2 Å². The predicted molar refractivity (Wildman–Crippen MR) is 124 cm³/mol. The zero-order valence-electron chi connectivity index (χ0n) is 19.3. The van der Waals surface area contributed by atoms with Gasteiger partial charge in [-0.3, -0.25) is 14.4 Å². The summed E-state index contributed by atoms with van der Waals surface area (Å²) in [5.74, 6) is -2.75. The van der Waals surface area contributed by atoms with E-state index in [-0.39, 0.29) is 24.5 Å². The number of hydrogen-bond acceptors (Lipinski definition) is 7. The van der Waals surface area contributed by atoms with Crippen molar-refractivity contribution >= 4 is 23.7 Å². The lowest BCUT2D eigenvalue weighted by Gasteiger charge is -2.23. The molecule has 0 saturated carbocycles. The number of carboxylic acids is 1. The highest BCUT2D eigenvalue weighted by molar-refractivity contribution is 5.94. The molecule has 3 rings (SSSR count). The van der Waals surface area contributed by atoms with E-state index in [4.69, 9.17) is 0 Å². The molecule has 12 nitrogen and oxygen atoms in total. The first kappa shape index (κ1) is 25.7. The van der Waals surface area contributed by atoms with E-state index in [0.717, 1.165) is 6.42 Å². The number of imidazole rings is 1. The molecule has 0 aliphatic carbocycles. The van der Waals surface area contributed by atoms with Crippen LogP contribution in [0.3, 0.4) is 0 Å². The van der Waals surface area contributed by atoms with Gasteiger partial charge in [0.15, 0.2) is 0 Å². The largest absolute Gasteiger partial charge is 0.508 e. The molecule has 1 aromatic heterocycles. The SMILES string of the molecule is CC(NC(=O)C(Cc1ccc(O)cc1)NC(=O)C1CCCN1)C(=O)NC(Cc1cnc[nH]1)C(=O)O. The second-order valence-corrected chi connectivity index (χ2v) is 8.49. The first-order valence-electron chi connectivity index (χ1n) is 11.4. The molecule has 4 atom stereocenters. The molecule has 7 N–H and O–H groups in total. The average Bonchev–Trinajstić information content (AvgIpc) is 3.54. The molecule has 0 radical (unpaired) electrons. The van der Waals surface area contributed by atoms with Crippen molar-refractivity contribution in [2.45, 2.75) is 56.8 Å². The summed E-state index contributed by atoms with van der Waals surface area (Å²) in [6, 6.07) is 2.57. The number of aromatic nitrogens is 2. The molecule has 1 fully saturated rings. The van der Waals surface area contributed by atoms with Crippen LogP contribution in [0.1, 0.15) is 31.0 Å². The molecule has 1 aromatic carbocycles. The van der Waals surface area contributed by atoms with Crippen LogP contribution in [0, 0.1) is 0 Å². The standard InChI is InChI=1S/C23H30N6O6/c1-13(20(31)29-19(23(34)35)10-15-11-24-12-26-15)27-22(33)18(9-14-4-6-16(30)7-5-14)28-21(32)17-3-2-8-25-17/h4-7,11-13,17-19,25,30H,2-3,8-10H2,1H3,(H,24,26)(H,27,33)(H,28,32)(H,29,31)(H,34,35). The maximum Gasteiger partial charge on any atom is 0.326 e. The molecule has 35 heavy (non-hydrogen) atoms. The number of phenolic OH excluding ortho intramolecular Hbond substituents is 1. The van der Waals surface area contributed by atoms with E-state index in [1.807, 2.05) is 0 Å². The van der Waals surface area contributed by atoms with Gasteiger partial charge in [-0.2, -0.15) is 0 Å². The number of aromatic hydroxyl groups is 1. The molecule has 4 unspecified atom stereocenters. The Bertz CT molecular complexity index is 1020. The molecule has 0 bridgehead atoms. The third-order valence-electron chi connectivity index (χ3n) is 5.73. The first-order chi connectivity index (χ1) is 16.7. The second-order valence-electron chi connectivity index (χ2n) is 8.49. The van der Waals surface area contributed by atoms with E-state index in [0.29, 0.717) is 24.2 Å². The van der Waals surface area contributed by atoms with Gasteiger partial charge in [0, 0.05) is 24.7 Å². The van der Waals surface area contributed by atoms with E-state index < -0.39 is 42.0 Å². The van der Waals surface area contributed by atoms with Crippen LogP contribution in [0.25, 0.3) is 0 Å². The Morgan fingerprint density at radius 3 is 2.40 bits per heavy atom. The predicted octanol–water partition coefficient (Wildman–Crippen LogP) is -0.789. The summed E-state index contributed by atoms with van der Waals surface area (Å²) in [5, 5.41) is 29.8. The highest BCUT2D eigenvalue weighted by Crippen LogP contribution is 2.12. The van der Waals surface area contributed by atoms with Crippen LogP contribution in [0.2, 0.25) is 0 Å². The zero-order valence-corrected chi connectivity index (χ0v) is 19.3. The van der Waals surface area contributed by atoms with Crippen molar-refractivity contribution in [3.8, 4) is 5.75 Å². The maximum absolute atomic E-state index is 13.1. The Morgan fingerprint density at radius 2 is 1.80 bits per heavy atom. The van der Waals surface area contributed by atoms with Crippen LogP contribution in [0.4, 0.5) is 0 Å². The molecule has 2 aromatic rings. The molecule has 1 aliphatic rings. The Hall–Kier alpha value is -3.93. The molecular formula is C23H30N6O6. The molecule has 188 valence electrons. The smallest absolute Gasteiger partial charge is 0.326 e. The Balaban J connectivity index is 1.64. The van der Waals surface area contributed by atoms with E-state index in [1.165, 1.54) is 31.6 Å². The van der Waals surface area contributed by atoms with E-state index in [1.54, 1.807) is 12.1 Å². The minimum Gasteiger partial charge on any atom is -0.508 e. The lowest BCUT2D eigenvalue weighted by atomic mass is 10.0. The first-order valence-corrected chi connectivity index (χ1v) is 11.4. The molecule has 3 amide bonds. The van der Waals surface area contributed by atoms with Crippen molar-refractivity contribution < 1.29 is 29.4 Å². The van der Waals surface area contributed by atoms with Gasteiger partial charge in [0.05, 0.1) is 12.4 Å². The molecule has 12 heteroatoms. The number of benzene rings is 1. The summed E-state index contributed by atoms with van der Waals surface area (Å²) in [5.41, 5.74) is 1.23. The van der Waals surface area contributed by atoms with Crippen molar-refractivity contribution in [1.29, 1.82) is 0 Å². The number of aromatic amines is 1. The van der Waals surface area contributed by atoms with Gasteiger partial charge in [-0.15, -0.1) is 0 Å². The normalized spacial score (nSPS) is 17.7. The van der Waals surface area contributed by atoms with Gasteiger partial charge in [-0.1, -0.05) is 12.1 Å². The summed E-state index contributed by atoms with van der Waals surface area (Å²) >= 11 is 0. The summed E-state index contributed by atoms with van der Waals surface area (Å²) in [6.45, 7) is 2.15. The number of aliphatic carboxylic acids is 1. The fourth-order valence-electron chi connectivity index (χ4n) is 3.75. The summed E-state index contributed by atoms with van der Waals surface area (Å²) < 4.78 is 0. The molecular weight excluding hydrogens is 456 g/mol. The third-order valence-corrected chi connectivity index (χ3v) is 5.73. The number of nitrogens with zero attached hydrogens (tertiary/aromatic N) is 1. The highest BCUT2D eigenvalue weighted by atomic mass is 16.4. The quantitative estimate of drug-likeness (QED) is 0.215. The molecule has 1 aliphatic heterocycles. The number of hydrogen-bond donors (Lipinski definition) is 7. The van der Waals surface area contributed by atoms with E-state index >= 15 is 0 Å². The Labute approximate surface area is 201 Å². The fraction of sp³-hybridized carbons (Fsp3) is 0.435. The summed E-state index contributed by atoms with van der Waals surface area (Å²) in [4.78, 5) is 56.5. The van der Waals surface area contributed by atoms with Crippen LogP contribution in [0.5, 0.6) is 5.75 Å². The molecule has 0 spiro atoms. The zero-order chi connectivity index (χ0) is 25.4. The van der Waals surface area contributed by atoms with Crippen molar-refractivity contribution in [3.63, 3.8) is 0 Å². The van der Waals surface area contributed by atoms with Crippen LogP contribution in [-0.2, 0) is 32.0 Å². The monoisotopic (exact) mass is 486 g/mol. The number of nitrogens with one attached hydrogen (secondary N) is 5. The van der Waals surface area contributed by atoms with Crippen molar-refractivity contribution in [3.05, 3.63) is 48.0 Å². The average molecular weight is 487 g/mol. The van der Waals surface area contributed by atoms with Gasteiger partial charge >= 0.3 is 5.97 Å². The van der Waals surface area contributed by atoms with Crippen LogP contribution in [0.15, 0.2) is 36.8 Å². The fourth-order valence-corrected chi connectivity index (χ4v) is 3.75. The number of carbonyl (C=O) groups excluding carboxylic acids is 3. The summed E-state index contributed by atoms with van der Waals surface area (Å²) in [7, 11) is 0. The number of H-pyrrole nitrogens is 1. The lowest BCUT2D eigenvalue weighted by molar-refractivity contribution is -0.142. The van der Waals surface area contributed by atoms with Crippen molar-refractivity contribution in [2.24, 2.45) is 0 Å². The van der Waals surface area contributed by atoms with Crippen LogP contribution >= 0.6 is 0 Å². The van der Waals surface area contributed by atoms with Crippen LogP contribution < -0.4 is 21.3 Å². The Morgan fingerprint density at radius 1 is 1.06 bits per heavy atom. The lowest BCUT2D eigenvalue weighted by Crippen LogP contribution is -2.57. The number of rotatable bonds is 11. The third kappa shape index (κ3) is 7.54. The van der Waals surface area contributed by atoms with Crippen molar-refractivity contribution in [2.75, 3.05) is 6.54 Å². The number of carbonyl (C=O) groups is 4. The number of phenols is 1. The molecule has 1 saturated heterocycles. The van der Waals surface area contributed by atoms with Gasteiger partial charge in [0.1, 0.15) is 23.9 Å². The second kappa shape index (κ2) is 12.0. The highest BCUT2D eigenvalue weighted by Gasteiger charge is 2.30. The van der Waals surface area contributed by atoms with Crippen LogP contribution in [-0.4, -0.2) is 74.6 Å². The number of carboxylic acid groups (broad SMARTS) is 1. The van der Waals surface area contributed by atoms with Gasteiger partial charge in [0.2, 0.25) is 17.7 Å². The van der Waals surface area contributed by atoms with Gasteiger partial charge in [-0.25, -0.2) is 9.78 Å². The number of amides is 3. The van der Waals surface area contributed by atoms with Gasteiger partial charge in [0.25, 0.3) is 0 Å². The maximum atomic E-state index is 13.1. The summed E-state index contributed by atoms with van der Waals surface area (Å²) in [6.07, 6.45) is 4.51. The topological polar surface area (TPSA) is 186 Å². The van der Waals surface area contributed by atoms with Gasteiger partial charge in [-0.05, 0) is 44.0 Å². The Kier molecular flexibility index (Phi) is 8.79. The van der Waals surface area contributed by atoms with E-state index in [2.05, 4.69) is 31.2 Å².